The number of amides is 1. The summed E-state index contributed by atoms with van der Waals surface area (Å²) in [6, 6.07) is 15.3. The first-order valence-corrected chi connectivity index (χ1v) is 11.3. The van der Waals surface area contributed by atoms with Gasteiger partial charge in [0, 0.05) is 11.4 Å². The SMILES string of the molecule is C#CCN(CC1=NN(c2cccc(C)c2)C(=O)CO1)Cc1ccc(SC(C)(C)C(=O)O)cc1. The molecule has 1 heterocycles. The Morgan fingerprint density at radius 3 is 2.64 bits per heavy atom. The number of hydrogen-bond donors (Lipinski definition) is 1. The average molecular weight is 466 g/mol. The van der Waals surface area contributed by atoms with Gasteiger partial charge >= 0.3 is 5.97 Å². The van der Waals surface area contributed by atoms with E-state index in [1.54, 1.807) is 13.8 Å². The van der Waals surface area contributed by atoms with Gasteiger partial charge in [0.05, 0.1) is 18.8 Å². The van der Waals surface area contributed by atoms with Crippen LogP contribution >= 0.6 is 11.8 Å². The minimum absolute atomic E-state index is 0.0814. The van der Waals surface area contributed by atoms with E-state index < -0.39 is 10.7 Å². The Kier molecular flexibility index (Phi) is 7.79. The number of anilines is 1. The van der Waals surface area contributed by atoms with Gasteiger partial charge in [-0.2, -0.15) is 5.01 Å². The van der Waals surface area contributed by atoms with E-state index >= 15 is 0 Å². The molecule has 1 aliphatic heterocycles. The second kappa shape index (κ2) is 10.6. The monoisotopic (exact) mass is 465 g/mol. The summed E-state index contributed by atoms with van der Waals surface area (Å²) in [5, 5.41) is 15.1. The number of benzene rings is 2. The Morgan fingerprint density at radius 1 is 1.27 bits per heavy atom. The fourth-order valence-electron chi connectivity index (χ4n) is 3.19. The number of nitrogens with zero attached hydrogens (tertiary/aromatic N) is 3. The summed E-state index contributed by atoms with van der Waals surface area (Å²) < 4.78 is 4.66. The highest BCUT2D eigenvalue weighted by atomic mass is 32.2. The minimum atomic E-state index is -0.909. The standard InChI is InChI=1S/C25H27N3O4S/c1-5-13-27(15-19-9-11-21(12-10-19)33-25(3,4)24(30)31)16-22-26-28(23(29)17-32-22)20-8-6-7-18(2)14-20/h1,6-12,14H,13,15-17H2,2-4H3,(H,30,31). The number of thioether (sulfide) groups is 1. The van der Waals surface area contributed by atoms with Crippen LogP contribution in [-0.2, 0) is 20.9 Å². The van der Waals surface area contributed by atoms with Crippen LogP contribution in [0, 0.1) is 19.3 Å². The molecule has 2 aromatic carbocycles. The Morgan fingerprint density at radius 2 is 2.00 bits per heavy atom. The highest BCUT2D eigenvalue weighted by Gasteiger charge is 2.28. The van der Waals surface area contributed by atoms with Gasteiger partial charge in [0.1, 0.15) is 4.75 Å². The molecular weight excluding hydrogens is 438 g/mol. The first kappa shape index (κ1) is 24.4. The number of carbonyl (C=O) groups is 2. The van der Waals surface area contributed by atoms with Crippen molar-refractivity contribution in [2.24, 2.45) is 5.10 Å². The number of carbonyl (C=O) groups excluding carboxylic acids is 1. The predicted molar refractivity (Wildman–Crippen MR) is 130 cm³/mol. The lowest BCUT2D eigenvalue weighted by Crippen LogP contribution is -2.41. The molecule has 0 bridgehead atoms. The zero-order valence-electron chi connectivity index (χ0n) is 18.9. The van der Waals surface area contributed by atoms with Crippen LogP contribution in [0.3, 0.4) is 0 Å². The lowest BCUT2D eigenvalue weighted by Gasteiger charge is -2.27. The number of aliphatic carboxylic acids is 1. The number of carboxylic acids is 1. The lowest BCUT2D eigenvalue weighted by atomic mass is 10.2. The molecule has 0 radical (unpaired) electrons. The molecule has 0 saturated heterocycles. The van der Waals surface area contributed by atoms with Crippen LogP contribution in [0.5, 0.6) is 0 Å². The smallest absolute Gasteiger partial charge is 0.319 e. The molecule has 0 unspecified atom stereocenters. The fraction of sp³-hybridized carbons (Fsp3) is 0.320. The fourth-order valence-corrected chi connectivity index (χ4v) is 4.14. The lowest BCUT2D eigenvalue weighted by molar-refractivity contribution is -0.138. The second-order valence-electron chi connectivity index (χ2n) is 8.24. The molecule has 0 aromatic heterocycles. The first-order chi connectivity index (χ1) is 15.7. The first-order valence-electron chi connectivity index (χ1n) is 10.4. The second-order valence-corrected chi connectivity index (χ2v) is 9.93. The maximum atomic E-state index is 12.3. The molecule has 0 spiro atoms. The van der Waals surface area contributed by atoms with E-state index in [4.69, 9.17) is 11.2 Å². The normalized spacial score (nSPS) is 14.0. The van der Waals surface area contributed by atoms with Gasteiger partial charge in [-0.3, -0.25) is 14.5 Å². The van der Waals surface area contributed by atoms with Crippen LogP contribution in [0.2, 0.25) is 0 Å². The van der Waals surface area contributed by atoms with Crippen molar-refractivity contribution in [3.05, 3.63) is 59.7 Å². The van der Waals surface area contributed by atoms with Crippen molar-refractivity contribution in [3.8, 4) is 12.3 Å². The van der Waals surface area contributed by atoms with Crippen LogP contribution < -0.4 is 5.01 Å². The van der Waals surface area contributed by atoms with E-state index in [0.717, 1.165) is 16.0 Å². The van der Waals surface area contributed by atoms with Crippen LogP contribution in [0.1, 0.15) is 25.0 Å². The zero-order valence-corrected chi connectivity index (χ0v) is 19.8. The summed E-state index contributed by atoms with van der Waals surface area (Å²) >= 11 is 1.30. The molecule has 7 nitrogen and oxygen atoms in total. The van der Waals surface area contributed by atoms with E-state index in [1.165, 1.54) is 16.8 Å². The number of ether oxygens (including phenoxy) is 1. The number of aryl methyl sites for hydroxylation is 1. The van der Waals surface area contributed by atoms with E-state index in [9.17, 15) is 14.7 Å². The van der Waals surface area contributed by atoms with Crippen molar-refractivity contribution < 1.29 is 19.4 Å². The van der Waals surface area contributed by atoms with Crippen LogP contribution in [0.25, 0.3) is 0 Å². The third-order valence-corrected chi connectivity index (χ3v) is 6.14. The van der Waals surface area contributed by atoms with Crippen molar-refractivity contribution in [1.29, 1.82) is 0 Å². The maximum Gasteiger partial charge on any atom is 0.319 e. The molecule has 2 aromatic rings. The number of rotatable bonds is 9. The highest BCUT2D eigenvalue weighted by molar-refractivity contribution is 8.01. The van der Waals surface area contributed by atoms with Gasteiger partial charge in [-0.25, -0.2) is 0 Å². The van der Waals surface area contributed by atoms with Crippen molar-refractivity contribution in [3.63, 3.8) is 0 Å². The Balaban J connectivity index is 1.70. The van der Waals surface area contributed by atoms with Gasteiger partial charge in [0.15, 0.2) is 6.61 Å². The molecular formula is C25H27N3O4S. The Labute approximate surface area is 198 Å². The van der Waals surface area contributed by atoms with Crippen molar-refractivity contribution in [1.82, 2.24) is 4.90 Å². The Hall–Kier alpha value is -3.28. The van der Waals surface area contributed by atoms with E-state index in [2.05, 4.69) is 11.0 Å². The number of hydrazone groups is 1. The molecule has 172 valence electrons. The summed E-state index contributed by atoms with van der Waals surface area (Å²) in [5.74, 6) is 1.99. The molecule has 0 saturated carbocycles. The zero-order chi connectivity index (χ0) is 24.0. The van der Waals surface area contributed by atoms with Crippen LogP contribution in [-0.4, -0.2) is 52.2 Å². The van der Waals surface area contributed by atoms with Crippen molar-refractivity contribution >= 4 is 35.2 Å². The highest BCUT2D eigenvalue weighted by Crippen LogP contribution is 2.32. The molecule has 0 atom stereocenters. The predicted octanol–water partition coefficient (Wildman–Crippen LogP) is 3.76. The molecule has 3 rings (SSSR count). The summed E-state index contributed by atoms with van der Waals surface area (Å²) in [5.41, 5.74) is 2.75. The van der Waals surface area contributed by atoms with Gasteiger partial charge < -0.3 is 9.84 Å². The average Bonchev–Trinajstić information content (AvgIpc) is 2.76. The molecule has 8 heteroatoms. The van der Waals surface area contributed by atoms with E-state index in [1.807, 2.05) is 60.4 Å². The number of carboxylic acid groups (broad SMARTS) is 1. The Bertz CT molecular complexity index is 1090. The van der Waals surface area contributed by atoms with Crippen LogP contribution in [0.15, 0.2) is 58.5 Å². The molecule has 1 amide bonds. The van der Waals surface area contributed by atoms with Gasteiger partial charge in [-0.05, 0) is 56.2 Å². The number of hydrogen-bond acceptors (Lipinski definition) is 6. The van der Waals surface area contributed by atoms with E-state index in [0.29, 0.717) is 31.2 Å². The molecule has 0 fully saturated rings. The van der Waals surface area contributed by atoms with Crippen molar-refractivity contribution in [2.45, 2.75) is 37.0 Å². The van der Waals surface area contributed by atoms with Crippen LogP contribution in [0.4, 0.5) is 5.69 Å². The quantitative estimate of drug-likeness (QED) is 0.449. The molecule has 33 heavy (non-hydrogen) atoms. The maximum absolute atomic E-state index is 12.3. The topological polar surface area (TPSA) is 82.4 Å². The largest absolute Gasteiger partial charge is 0.480 e. The summed E-state index contributed by atoms with van der Waals surface area (Å²) in [4.78, 5) is 26.6. The van der Waals surface area contributed by atoms with Gasteiger partial charge in [0.2, 0.25) is 5.90 Å². The van der Waals surface area contributed by atoms with Crippen molar-refractivity contribution in [2.75, 3.05) is 24.7 Å². The minimum Gasteiger partial charge on any atom is -0.480 e. The molecule has 1 N–H and O–H groups in total. The van der Waals surface area contributed by atoms with Gasteiger partial charge in [0.25, 0.3) is 5.91 Å². The van der Waals surface area contributed by atoms with Gasteiger partial charge in [-0.15, -0.1) is 23.3 Å². The van der Waals surface area contributed by atoms with Gasteiger partial charge in [-0.1, -0.05) is 30.2 Å². The molecule has 1 aliphatic rings. The third-order valence-electron chi connectivity index (χ3n) is 4.95. The summed E-state index contributed by atoms with van der Waals surface area (Å²) in [6.45, 7) is 6.52. The summed E-state index contributed by atoms with van der Waals surface area (Å²) in [7, 11) is 0. The molecule has 0 aliphatic carbocycles. The third kappa shape index (κ3) is 6.60. The summed E-state index contributed by atoms with van der Waals surface area (Å²) in [6.07, 6.45) is 5.57. The number of terminal acetylenes is 1. The van der Waals surface area contributed by atoms with E-state index in [-0.39, 0.29) is 12.5 Å².